The Balaban J connectivity index is 1.42. The maximum absolute atomic E-state index is 17.0. The summed E-state index contributed by atoms with van der Waals surface area (Å²) in [4.78, 5) is 37.7. The van der Waals surface area contributed by atoms with Crippen molar-refractivity contribution in [1.29, 1.82) is 0 Å². The van der Waals surface area contributed by atoms with Gasteiger partial charge in [-0.25, -0.2) is 8.78 Å². The molecule has 0 aromatic carbocycles. The van der Waals surface area contributed by atoms with E-state index in [0.717, 1.165) is 0 Å². The Bertz CT molecular complexity index is 1070. The molecule has 5 nitrogen and oxygen atoms in total. The Labute approximate surface area is 216 Å². The summed E-state index contributed by atoms with van der Waals surface area (Å²) in [5, 5.41) is 10.4. The summed E-state index contributed by atoms with van der Waals surface area (Å²) >= 11 is 3.89. The molecular formula is C28H36F2O5S. The molecule has 0 heterocycles. The first-order valence-corrected chi connectivity index (χ1v) is 13.6. The third kappa shape index (κ3) is 3.25. The standard InChI is InChI=1S/C28H36F2O5S/c1-24-12-13-27(30)18(15-20(29)19-14-16(31)8-11-25(19,27)2)17(24)6-7-21(24)35-22(32)26(3)9-4-5-10-28(26,34)23(33)36/h8,11,14,17-18,20-21,34H,4-7,9-10,12-13,15H2,1-3H3,(H,33,36)/t17-,18-,20-,21+,24-,25-,26?,27+,28?/m0/s1. The van der Waals surface area contributed by atoms with Gasteiger partial charge >= 0.3 is 5.97 Å². The smallest absolute Gasteiger partial charge is 0.315 e. The summed E-state index contributed by atoms with van der Waals surface area (Å²) in [7, 11) is 0. The zero-order valence-corrected chi connectivity index (χ0v) is 22.1. The predicted octanol–water partition coefficient (Wildman–Crippen LogP) is 5.01. The summed E-state index contributed by atoms with van der Waals surface area (Å²) in [5.74, 6) is -1.69. The molecule has 1 N–H and O–H groups in total. The number of fused-ring (bicyclic) bond motifs is 5. The lowest BCUT2D eigenvalue weighted by Crippen LogP contribution is -2.63. The van der Waals surface area contributed by atoms with Gasteiger partial charge in [0.15, 0.2) is 5.78 Å². The molecule has 9 atom stereocenters. The second-order valence-corrected chi connectivity index (χ2v) is 12.9. The third-order valence-corrected chi connectivity index (χ3v) is 11.4. The van der Waals surface area contributed by atoms with E-state index in [-0.39, 0.29) is 36.5 Å². The molecule has 8 heteroatoms. The van der Waals surface area contributed by atoms with E-state index in [2.05, 4.69) is 12.6 Å². The van der Waals surface area contributed by atoms with Gasteiger partial charge in [-0.3, -0.25) is 14.4 Å². The molecule has 4 fully saturated rings. The normalized spacial score (nSPS) is 50.0. The Morgan fingerprint density at radius 1 is 1.08 bits per heavy atom. The lowest BCUT2D eigenvalue weighted by atomic mass is 9.46. The molecule has 198 valence electrons. The van der Waals surface area contributed by atoms with Crippen molar-refractivity contribution in [2.45, 2.75) is 102 Å². The fourth-order valence-electron chi connectivity index (χ4n) is 8.44. The SMILES string of the molecule is CC1(C(=O)O[C@@H]2CC[C@H]3[C@@H]4C[C@H](F)C5=CC(=O)C=C[C@]5(C)[C@@]4(F)CC[C@]23C)CCCCC1(O)C(=O)S. The number of aliphatic hydroxyl groups is 1. The van der Waals surface area contributed by atoms with Crippen LogP contribution in [0, 0.1) is 28.1 Å². The van der Waals surface area contributed by atoms with Crippen molar-refractivity contribution in [2.75, 3.05) is 0 Å². The second-order valence-electron chi connectivity index (χ2n) is 12.5. The van der Waals surface area contributed by atoms with Crippen molar-refractivity contribution in [3.63, 3.8) is 0 Å². The van der Waals surface area contributed by atoms with Crippen LogP contribution in [0.25, 0.3) is 0 Å². The van der Waals surface area contributed by atoms with E-state index in [9.17, 15) is 19.5 Å². The molecule has 0 spiro atoms. The highest BCUT2D eigenvalue weighted by Crippen LogP contribution is 2.68. The van der Waals surface area contributed by atoms with Crippen LogP contribution in [0.3, 0.4) is 0 Å². The van der Waals surface area contributed by atoms with Gasteiger partial charge in [-0.05, 0) is 82.4 Å². The van der Waals surface area contributed by atoms with E-state index in [1.807, 2.05) is 6.92 Å². The lowest BCUT2D eigenvalue weighted by Gasteiger charge is -2.60. The van der Waals surface area contributed by atoms with E-state index in [1.165, 1.54) is 12.2 Å². The fraction of sp³-hybridized carbons (Fsp3) is 0.750. The number of carbonyl (C=O) groups is 3. The minimum absolute atomic E-state index is 0.00554. The monoisotopic (exact) mass is 522 g/mol. The van der Waals surface area contributed by atoms with E-state index >= 15 is 8.78 Å². The molecule has 2 unspecified atom stereocenters. The molecule has 0 aromatic rings. The Hall–Kier alpha value is -1.54. The molecule has 0 amide bonds. The largest absolute Gasteiger partial charge is 0.461 e. The molecule has 0 aliphatic heterocycles. The van der Waals surface area contributed by atoms with Crippen LogP contribution in [0.15, 0.2) is 23.8 Å². The highest BCUT2D eigenvalue weighted by Gasteiger charge is 2.69. The number of rotatable bonds is 3. The quantitative estimate of drug-likeness (QED) is 0.402. The van der Waals surface area contributed by atoms with Crippen molar-refractivity contribution in [1.82, 2.24) is 0 Å². The van der Waals surface area contributed by atoms with Gasteiger partial charge in [0.1, 0.15) is 29.0 Å². The van der Waals surface area contributed by atoms with E-state index in [4.69, 9.17) is 4.74 Å². The Morgan fingerprint density at radius 2 is 1.78 bits per heavy atom. The van der Waals surface area contributed by atoms with Crippen molar-refractivity contribution in [2.24, 2.45) is 28.1 Å². The van der Waals surface area contributed by atoms with E-state index in [1.54, 1.807) is 19.9 Å². The van der Waals surface area contributed by atoms with Crippen LogP contribution in [0.5, 0.6) is 0 Å². The average molecular weight is 523 g/mol. The lowest BCUT2D eigenvalue weighted by molar-refractivity contribution is -0.197. The zero-order valence-electron chi connectivity index (χ0n) is 21.2. The molecule has 4 saturated carbocycles. The van der Waals surface area contributed by atoms with Crippen LogP contribution in [-0.4, -0.2) is 45.5 Å². The van der Waals surface area contributed by atoms with Gasteiger partial charge in [0.25, 0.3) is 0 Å². The van der Waals surface area contributed by atoms with Crippen molar-refractivity contribution in [3.05, 3.63) is 23.8 Å². The number of hydrogen-bond donors (Lipinski definition) is 2. The molecule has 5 aliphatic carbocycles. The molecule has 0 radical (unpaired) electrons. The van der Waals surface area contributed by atoms with E-state index in [0.29, 0.717) is 38.5 Å². The Kier molecular flexibility index (Phi) is 5.96. The number of ether oxygens (including phenoxy) is 1. The highest BCUT2D eigenvalue weighted by atomic mass is 32.1. The van der Waals surface area contributed by atoms with Gasteiger partial charge in [0.2, 0.25) is 5.12 Å². The third-order valence-electron chi connectivity index (χ3n) is 11.0. The van der Waals surface area contributed by atoms with Gasteiger partial charge in [-0.2, -0.15) is 0 Å². The number of allylic oxidation sites excluding steroid dienone is 4. The minimum atomic E-state index is -1.89. The summed E-state index contributed by atoms with van der Waals surface area (Å²) in [5.41, 5.74) is -6.49. The number of esters is 1. The van der Waals surface area contributed by atoms with Crippen LogP contribution in [0.1, 0.15) is 78.6 Å². The number of carbonyl (C=O) groups excluding carboxylic acids is 3. The summed E-state index contributed by atoms with van der Waals surface area (Å²) < 4.78 is 38.6. The zero-order chi connectivity index (χ0) is 26.3. The first kappa shape index (κ1) is 26.1. The summed E-state index contributed by atoms with van der Waals surface area (Å²) in [6.07, 6.45) is 5.79. The molecule has 0 aromatic heterocycles. The van der Waals surface area contributed by atoms with Crippen LogP contribution in [0.4, 0.5) is 8.78 Å². The Morgan fingerprint density at radius 3 is 2.47 bits per heavy atom. The maximum atomic E-state index is 17.0. The van der Waals surface area contributed by atoms with Gasteiger partial charge in [-0.1, -0.05) is 25.8 Å². The molecule has 5 aliphatic rings. The van der Waals surface area contributed by atoms with Crippen LogP contribution in [-0.2, 0) is 19.1 Å². The minimum Gasteiger partial charge on any atom is -0.461 e. The van der Waals surface area contributed by atoms with Crippen molar-refractivity contribution >= 4 is 29.5 Å². The van der Waals surface area contributed by atoms with Gasteiger partial charge in [0, 0.05) is 16.7 Å². The number of alkyl halides is 2. The molecule has 36 heavy (non-hydrogen) atoms. The number of hydrogen-bond acceptors (Lipinski definition) is 5. The first-order valence-electron chi connectivity index (χ1n) is 13.2. The topological polar surface area (TPSA) is 80.7 Å². The van der Waals surface area contributed by atoms with Gasteiger partial charge < -0.3 is 9.84 Å². The maximum Gasteiger partial charge on any atom is 0.315 e. The van der Waals surface area contributed by atoms with Gasteiger partial charge in [0.05, 0.1) is 0 Å². The van der Waals surface area contributed by atoms with Crippen LogP contribution in [0.2, 0.25) is 0 Å². The number of halogens is 2. The molecule has 0 saturated heterocycles. The molecular weight excluding hydrogens is 486 g/mol. The second kappa shape index (κ2) is 8.23. The fourth-order valence-corrected chi connectivity index (χ4v) is 8.80. The first-order chi connectivity index (χ1) is 16.7. The predicted molar refractivity (Wildman–Crippen MR) is 133 cm³/mol. The van der Waals surface area contributed by atoms with Crippen molar-refractivity contribution < 1.29 is 33.0 Å². The summed E-state index contributed by atoms with van der Waals surface area (Å²) in [6, 6.07) is 0. The van der Waals surface area contributed by atoms with Gasteiger partial charge in [-0.15, -0.1) is 12.6 Å². The van der Waals surface area contributed by atoms with Crippen LogP contribution < -0.4 is 0 Å². The summed E-state index contributed by atoms with van der Waals surface area (Å²) in [6.45, 7) is 5.28. The number of ketones is 1. The van der Waals surface area contributed by atoms with Crippen LogP contribution >= 0.6 is 12.6 Å². The molecule has 5 rings (SSSR count). The highest BCUT2D eigenvalue weighted by molar-refractivity contribution is 7.96. The van der Waals surface area contributed by atoms with Crippen molar-refractivity contribution in [3.8, 4) is 0 Å². The molecule has 0 bridgehead atoms. The number of thiol groups is 1. The van der Waals surface area contributed by atoms with E-state index < -0.39 is 56.8 Å². The average Bonchev–Trinajstić information content (AvgIpc) is 3.14.